The number of benzene rings is 1. The molecule has 0 aromatic heterocycles. The fraction of sp³-hybridized carbons (Fsp3) is 0.500. The summed E-state index contributed by atoms with van der Waals surface area (Å²) >= 11 is 0. The van der Waals surface area contributed by atoms with Crippen molar-refractivity contribution in [3.63, 3.8) is 0 Å². The zero-order valence-electron chi connectivity index (χ0n) is 17.9. The van der Waals surface area contributed by atoms with Gasteiger partial charge in [-0.15, -0.1) is 0 Å². The third-order valence-electron chi connectivity index (χ3n) is 5.17. The number of aliphatic hydroxyl groups is 3. The van der Waals surface area contributed by atoms with E-state index in [4.69, 9.17) is 0 Å². The van der Waals surface area contributed by atoms with Gasteiger partial charge in [0.05, 0.1) is 6.61 Å². The van der Waals surface area contributed by atoms with Crippen LogP contribution in [-0.4, -0.2) is 33.1 Å². The first-order valence-electron chi connectivity index (χ1n) is 9.79. The number of aliphatic hydroxyl groups excluding tert-OH is 3. The Morgan fingerprint density at radius 3 is 2.11 bits per heavy atom. The first-order chi connectivity index (χ1) is 12.9. The van der Waals surface area contributed by atoms with Gasteiger partial charge in [-0.3, -0.25) is 0 Å². The molecule has 4 heteroatoms. The Labute approximate surface area is 168 Å². The molecule has 0 heterocycles. The Morgan fingerprint density at radius 2 is 1.61 bits per heavy atom. The van der Waals surface area contributed by atoms with Crippen molar-refractivity contribution in [1.29, 1.82) is 0 Å². The molecule has 1 aliphatic carbocycles. The molecule has 0 fully saturated rings. The summed E-state index contributed by atoms with van der Waals surface area (Å²) in [5.41, 5.74) is 4.25. The van der Waals surface area contributed by atoms with Gasteiger partial charge in [0.25, 0.3) is 0 Å². The van der Waals surface area contributed by atoms with Crippen molar-refractivity contribution in [2.75, 3.05) is 6.61 Å². The molecule has 2 rings (SSSR count). The van der Waals surface area contributed by atoms with E-state index >= 15 is 0 Å². The summed E-state index contributed by atoms with van der Waals surface area (Å²) < 4.78 is 0. The third kappa shape index (κ3) is 4.93. The van der Waals surface area contributed by atoms with Gasteiger partial charge in [-0.2, -0.15) is 0 Å². The van der Waals surface area contributed by atoms with Gasteiger partial charge in [0.2, 0.25) is 0 Å². The molecule has 1 aliphatic rings. The molecule has 0 saturated carbocycles. The van der Waals surface area contributed by atoms with Gasteiger partial charge in [0.1, 0.15) is 11.9 Å². The lowest BCUT2D eigenvalue weighted by Gasteiger charge is -2.29. The summed E-state index contributed by atoms with van der Waals surface area (Å²) in [5, 5.41) is 40.5. The lowest BCUT2D eigenvalue weighted by molar-refractivity contribution is 0.229. The lowest BCUT2D eigenvalue weighted by Crippen LogP contribution is -2.21. The van der Waals surface area contributed by atoms with Gasteiger partial charge >= 0.3 is 0 Å². The normalized spacial score (nSPS) is 19.6. The SMILES string of the molecule is CC(C)(C)C1=CC(=Cc2cc(C(C)(C)C)cc(CO)c2O)C(O)C(CCO)=C1. The van der Waals surface area contributed by atoms with E-state index in [2.05, 4.69) is 41.5 Å². The van der Waals surface area contributed by atoms with Crippen LogP contribution in [0.4, 0.5) is 0 Å². The van der Waals surface area contributed by atoms with E-state index < -0.39 is 6.10 Å². The summed E-state index contributed by atoms with van der Waals surface area (Å²) in [5.74, 6) is 0.0270. The van der Waals surface area contributed by atoms with Crippen molar-refractivity contribution in [1.82, 2.24) is 0 Å². The minimum Gasteiger partial charge on any atom is -0.507 e. The number of hydrogen-bond donors (Lipinski definition) is 4. The van der Waals surface area contributed by atoms with Crippen molar-refractivity contribution >= 4 is 6.08 Å². The number of phenols is 1. The van der Waals surface area contributed by atoms with Crippen LogP contribution >= 0.6 is 0 Å². The summed E-state index contributed by atoms with van der Waals surface area (Å²) in [6, 6.07) is 3.73. The molecule has 0 aliphatic heterocycles. The van der Waals surface area contributed by atoms with Crippen molar-refractivity contribution < 1.29 is 20.4 Å². The average molecular weight is 387 g/mol. The standard InChI is InChI=1S/C24H34O4/c1-23(2,3)19-10-15(7-8-25)21(27)16(11-19)9-17-12-20(24(4,5)6)13-18(14-26)22(17)28/h9-13,21,25-28H,7-8,14H2,1-6H3. The molecule has 0 spiro atoms. The highest BCUT2D eigenvalue weighted by Gasteiger charge is 2.26. The third-order valence-corrected chi connectivity index (χ3v) is 5.17. The van der Waals surface area contributed by atoms with Gasteiger partial charge < -0.3 is 20.4 Å². The van der Waals surface area contributed by atoms with Crippen LogP contribution < -0.4 is 0 Å². The van der Waals surface area contributed by atoms with Crippen LogP contribution in [0.15, 0.2) is 41.0 Å². The van der Waals surface area contributed by atoms with Crippen molar-refractivity contribution in [3.05, 3.63) is 57.7 Å². The largest absolute Gasteiger partial charge is 0.507 e. The van der Waals surface area contributed by atoms with E-state index in [0.29, 0.717) is 23.1 Å². The van der Waals surface area contributed by atoms with Gasteiger partial charge in [0, 0.05) is 17.7 Å². The van der Waals surface area contributed by atoms with Gasteiger partial charge in [-0.05, 0) is 57.7 Å². The first kappa shape index (κ1) is 22.4. The Bertz CT molecular complexity index is 814. The second-order valence-corrected chi connectivity index (χ2v) is 9.57. The number of allylic oxidation sites excluding steroid dienone is 2. The summed E-state index contributed by atoms with van der Waals surface area (Å²) in [7, 11) is 0. The maximum absolute atomic E-state index is 10.8. The Hall–Kier alpha value is -1.88. The highest BCUT2D eigenvalue weighted by atomic mass is 16.3. The van der Waals surface area contributed by atoms with Crippen LogP contribution in [0.5, 0.6) is 5.75 Å². The summed E-state index contributed by atoms with van der Waals surface area (Å²) in [6.07, 6.45) is 5.25. The Morgan fingerprint density at radius 1 is 0.964 bits per heavy atom. The number of aromatic hydroxyl groups is 1. The Balaban J connectivity index is 2.65. The molecule has 154 valence electrons. The molecule has 1 atom stereocenters. The van der Waals surface area contributed by atoms with Crippen LogP contribution in [0.2, 0.25) is 0 Å². The quantitative estimate of drug-likeness (QED) is 0.624. The van der Waals surface area contributed by atoms with E-state index in [0.717, 1.165) is 16.7 Å². The van der Waals surface area contributed by atoms with Crippen LogP contribution in [-0.2, 0) is 12.0 Å². The van der Waals surface area contributed by atoms with Crippen molar-refractivity contribution in [2.24, 2.45) is 5.41 Å². The number of rotatable bonds is 4. The smallest absolute Gasteiger partial charge is 0.128 e. The van der Waals surface area contributed by atoms with Crippen LogP contribution in [0, 0.1) is 5.41 Å². The fourth-order valence-electron chi connectivity index (χ4n) is 3.25. The van der Waals surface area contributed by atoms with Crippen LogP contribution in [0.1, 0.15) is 64.7 Å². The first-order valence-corrected chi connectivity index (χ1v) is 9.79. The van der Waals surface area contributed by atoms with Gasteiger partial charge in [-0.1, -0.05) is 53.7 Å². The van der Waals surface area contributed by atoms with Gasteiger partial charge in [0.15, 0.2) is 0 Å². The van der Waals surface area contributed by atoms with E-state index in [-0.39, 0.29) is 29.8 Å². The minimum atomic E-state index is -0.839. The monoisotopic (exact) mass is 386 g/mol. The summed E-state index contributed by atoms with van der Waals surface area (Å²) in [4.78, 5) is 0. The molecule has 1 unspecified atom stereocenters. The average Bonchev–Trinajstić information content (AvgIpc) is 2.58. The molecular formula is C24H34O4. The second-order valence-electron chi connectivity index (χ2n) is 9.57. The highest BCUT2D eigenvalue weighted by Crippen LogP contribution is 2.38. The molecule has 0 bridgehead atoms. The molecule has 4 N–H and O–H groups in total. The van der Waals surface area contributed by atoms with E-state index in [1.54, 1.807) is 6.08 Å². The fourth-order valence-corrected chi connectivity index (χ4v) is 3.25. The maximum Gasteiger partial charge on any atom is 0.128 e. The second kappa shape index (κ2) is 8.24. The van der Waals surface area contributed by atoms with Crippen molar-refractivity contribution in [2.45, 2.75) is 66.1 Å². The van der Waals surface area contributed by atoms with E-state index in [9.17, 15) is 20.4 Å². The van der Waals surface area contributed by atoms with Crippen LogP contribution in [0.3, 0.4) is 0 Å². The predicted octanol–water partition coefficient (Wildman–Crippen LogP) is 4.22. The Kier molecular flexibility index (Phi) is 6.59. The van der Waals surface area contributed by atoms with E-state index in [1.165, 1.54) is 0 Å². The zero-order chi connectivity index (χ0) is 21.3. The predicted molar refractivity (Wildman–Crippen MR) is 114 cm³/mol. The highest BCUT2D eigenvalue weighted by molar-refractivity contribution is 5.68. The number of hydrogen-bond acceptors (Lipinski definition) is 4. The van der Waals surface area contributed by atoms with E-state index in [1.807, 2.05) is 24.3 Å². The molecule has 0 saturated heterocycles. The topological polar surface area (TPSA) is 80.9 Å². The van der Waals surface area contributed by atoms with Gasteiger partial charge in [-0.25, -0.2) is 0 Å². The lowest BCUT2D eigenvalue weighted by atomic mass is 9.78. The van der Waals surface area contributed by atoms with Crippen molar-refractivity contribution in [3.8, 4) is 5.75 Å². The zero-order valence-corrected chi connectivity index (χ0v) is 17.9. The molecule has 1 aromatic carbocycles. The summed E-state index contributed by atoms with van der Waals surface area (Å²) in [6.45, 7) is 12.2. The molecule has 4 nitrogen and oxygen atoms in total. The molecule has 0 radical (unpaired) electrons. The molecule has 1 aromatic rings. The maximum atomic E-state index is 10.8. The molecule has 0 amide bonds. The minimum absolute atomic E-state index is 0.0270. The molecular weight excluding hydrogens is 352 g/mol. The molecule has 28 heavy (non-hydrogen) atoms. The van der Waals surface area contributed by atoms with Crippen LogP contribution in [0.25, 0.3) is 6.08 Å².